The van der Waals surface area contributed by atoms with Crippen LogP contribution in [0.4, 0.5) is 0 Å². The maximum Gasteiger partial charge on any atom is 0.119 e. The van der Waals surface area contributed by atoms with E-state index in [1.165, 1.54) is 32.2 Å². The summed E-state index contributed by atoms with van der Waals surface area (Å²) in [5, 5.41) is 11.2. The number of hydrogen-bond donors (Lipinski definition) is 1. The van der Waals surface area contributed by atoms with Crippen molar-refractivity contribution >= 4 is 0 Å². The molecule has 0 aliphatic heterocycles. The molecule has 0 radical (unpaired) electrons. The average Bonchev–Trinajstić information content (AvgIpc) is 2.86. The normalized spacial score (nSPS) is 19.5. The second-order valence-corrected chi connectivity index (χ2v) is 4.62. The predicted molar refractivity (Wildman–Crippen MR) is 59.4 cm³/mol. The van der Waals surface area contributed by atoms with Crippen molar-refractivity contribution in [3.63, 3.8) is 0 Å². The Morgan fingerprint density at radius 2 is 2.00 bits per heavy atom. The van der Waals surface area contributed by atoms with Gasteiger partial charge in [-0.25, -0.2) is 0 Å². The van der Waals surface area contributed by atoms with Gasteiger partial charge in [-0.1, -0.05) is 12.8 Å². The molecule has 2 rings (SSSR count). The van der Waals surface area contributed by atoms with E-state index in [9.17, 15) is 0 Å². The zero-order valence-corrected chi connectivity index (χ0v) is 9.39. The summed E-state index contributed by atoms with van der Waals surface area (Å²) in [6.45, 7) is 4.35. The van der Waals surface area contributed by atoms with Crippen molar-refractivity contribution < 1.29 is 0 Å². The Labute approximate surface area is 91.1 Å². The molecule has 1 N–H and O–H groups in total. The monoisotopic (exact) mass is 208 g/mol. The van der Waals surface area contributed by atoms with Crippen molar-refractivity contribution in [2.75, 3.05) is 6.54 Å². The summed E-state index contributed by atoms with van der Waals surface area (Å²) in [5.74, 6) is 0.911. The van der Waals surface area contributed by atoms with Crippen LogP contribution >= 0.6 is 0 Å². The minimum Gasteiger partial charge on any atom is -0.319 e. The Morgan fingerprint density at radius 1 is 1.33 bits per heavy atom. The molecule has 0 spiro atoms. The van der Waals surface area contributed by atoms with Gasteiger partial charge in [-0.15, -0.1) is 10.2 Å². The highest BCUT2D eigenvalue weighted by Crippen LogP contribution is 2.23. The van der Waals surface area contributed by atoms with Crippen molar-refractivity contribution in [1.29, 1.82) is 0 Å². The van der Waals surface area contributed by atoms with Crippen molar-refractivity contribution in [3.8, 4) is 0 Å². The molecule has 0 bridgehead atoms. The van der Waals surface area contributed by atoms with Crippen LogP contribution in [0.25, 0.3) is 0 Å². The molecule has 1 atom stereocenters. The summed E-state index contributed by atoms with van der Waals surface area (Å²) in [7, 11) is 0. The quantitative estimate of drug-likeness (QED) is 0.796. The number of rotatable bonds is 5. The Kier molecular flexibility index (Phi) is 3.72. The summed E-state index contributed by atoms with van der Waals surface area (Å²) in [4.78, 5) is 0. The van der Waals surface area contributed by atoms with Gasteiger partial charge in [0.1, 0.15) is 12.7 Å². The number of nitrogens with one attached hydrogen (secondary N) is 1. The van der Waals surface area contributed by atoms with Crippen LogP contribution in [0, 0.1) is 5.92 Å². The van der Waals surface area contributed by atoms with Crippen molar-refractivity contribution in [2.45, 2.75) is 45.2 Å². The molecule has 0 aromatic carbocycles. The highest BCUT2D eigenvalue weighted by atomic mass is 15.2. The molecule has 1 aliphatic rings. The van der Waals surface area contributed by atoms with Gasteiger partial charge >= 0.3 is 0 Å². The molecule has 0 amide bonds. The Balaban J connectivity index is 1.66. The fraction of sp³-hybridized carbons (Fsp3) is 0.818. The van der Waals surface area contributed by atoms with Gasteiger partial charge in [0.2, 0.25) is 0 Å². The van der Waals surface area contributed by atoms with E-state index < -0.39 is 0 Å². The average molecular weight is 208 g/mol. The minimum absolute atomic E-state index is 0.501. The number of nitrogens with zero attached hydrogens (tertiary/aromatic N) is 3. The fourth-order valence-electron chi connectivity index (χ4n) is 2.28. The lowest BCUT2D eigenvalue weighted by atomic mass is 10.1. The van der Waals surface area contributed by atoms with E-state index in [-0.39, 0.29) is 0 Å². The van der Waals surface area contributed by atoms with Crippen LogP contribution in [0.2, 0.25) is 0 Å². The van der Waals surface area contributed by atoms with Crippen LogP contribution in [-0.4, -0.2) is 27.4 Å². The second kappa shape index (κ2) is 5.26. The summed E-state index contributed by atoms with van der Waals surface area (Å²) in [5.41, 5.74) is 0. The van der Waals surface area contributed by atoms with Gasteiger partial charge in [0.05, 0.1) is 0 Å². The van der Waals surface area contributed by atoms with Gasteiger partial charge in [0.15, 0.2) is 0 Å². The van der Waals surface area contributed by atoms with E-state index in [0.717, 1.165) is 12.5 Å². The second-order valence-electron chi connectivity index (χ2n) is 4.62. The summed E-state index contributed by atoms with van der Waals surface area (Å²) >= 11 is 0. The summed E-state index contributed by atoms with van der Waals surface area (Å²) in [6.07, 6.45) is 9.21. The lowest BCUT2D eigenvalue weighted by Gasteiger charge is -2.17. The third-order valence-corrected chi connectivity index (χ3v) is 3.18. The first-order valence-corrected chi connectivity index (χ1v) is 5.90. The highest BCUT2D eigenvalue weighted by Gasteiger charge is 2.15. The van der Waals surface area contributed by atoms with E-state index in [1.807, 2.05) is 4.57 Å². The van der Waals surface area contributed by atoms with E-state index in [2.05, 4.69) is 22.4 Å². The zero-order chi connectivity index (χ0) is 10.5. The Morgan fingerprint density at radius 3 is 2.67 bits per heavy atom. The molecule has 15 heavy (non-hydrogen) atoms. The fourth-order valence-corrected chi connectivity index (χ4v) is 2.28. The SMILES string of the molecule is CC(Cn1cnnc1)NCC1CCCC1. The van der Waals surface area contributed by atoms with Crippen molar-refractivity contribution in [2.24, 2.45) is 5.92 Å². The van der Waals surface area contributed by atoms with Crippen molar-refractivity contribution in [3.05, 3.63) is 12.7 Å². The molecule has 1 fully saturated rings. The standard InChI is InChI=1S/C11H20N4/c1-10(7-15-8-13-14-9-15)12-6-11-4-2-3-5-11/h8-12H,2-7H2,1H3. The summed E-state index contributed by atoms with van der Waals surface area (Å²) in [6, 6.07) is 0.501. The van der Waals surface area contributed by atoms with E-state index in [1.54, 1.807) is 12.7 Å². The van der Waals surface area contributed by atoms with E-state index in [4.69, 9.17) is 0 Å². The van der Waals surface area contributed by atoms with Gasteiger partial charge in [-0.3, -0.25) is 0 Å². The molecule has 1 aromatic heterocycles. The van der Waals surface area contributed by atoms with Crippen LogP contribution in [0.15, 0.2) is 12.7 Å². The van der Waals surface area contributed by atoms with Gasteiger partial charge in [0, 0.05) is 12.6 Å². The number of aromatic nitrogens is 3. The van der Waals surface area contributed by atoms with Crippen LogP contribution in [0.5, 0.6) is 0 Å². The van der Waals surface area contributed by atoms with E-state index in [0.29, 0.717) is 6.04 Å². The summed E-state index contributed by atoms with van der Waals surface area (Å²) < 4.78 is 2.02. The van der Waals surface area contributed by atoms with Gasteiger partial charge in [-0.2, -0.15) is 0 Å². The molecule has 1 aliphatic carbocycles. The first kappa shape index (κ1) is 10.6. The first-order chi connectivity index (χ1) is 7.34. The smallest absolute Gasteiger partial charge is 0.119 e. The maximum atomic E-state index is 3.80. The zero-order valence-electron chi connectivity index (χ0n) is 9.39. The molecule has 1 heterocycles. The van der Waals surface area contributed by atoms with Crippen LogP contribution < -0.4 is 5.32 Å². The molecular weight excluding hydrogens is 188 g/mol. The molecule has 1 saturated carbocycles. The van der Waals surface area contributed by atoms with Crippen LogP contribution in [-0.2, 0) is 6.54 Å². The van der Waals surface area contributed by atoms with Gasteiger partial charge < -0.3 is 9.88 Å². The van der Waals surface area contributed by atoms with Gasteiger partial charge in [-0.05, 0) is 32.2 Å². The third-order valence-electron chi connectivity index (χ3n) is 3.18. The lowest BCUT2D eigenvalue weighted by molar-refractivity contribution is 0.415. The number of hydrogen-bond acceptors (Lipinski definition) is 3. The topological polar surface area (TPSA) is 42.7 Å². The predicted octanol–water partition coefficient (Wildman–Crippen LogP) is 1.45. The largest absolute Gasteiger partial charge is 0.319 e. The minimum atomic E-state index is 0.501. The molecule has 4 heteroatoms. The molecule has 1 aromatic rings. The molecule has 1 unspecified atom stereocenters. The van der Waals surface area contributed by atoms with Gasteiger partial charge in [0.25, 0.3) is 0 Å². The van der Waals surface area contributed by atoms with E-state index >= 15 is 0 Å². The Hall–Kier alpha value is -0.900. The molecule has 84 valence electrons. The first-order valence-electron chi connectivity index (χ1n) is 5.90. The molecular formula is C11H20N4. The van der Waals surface area contributed by atoms with Crippen LogP contribution in [0.3, 0.4) is 0 Å². The maximum absolute atomic E-state index is 3.80. The highest BCUT2D eigenvalue weighted by molar-refractivity contribution is 4.73. The van der Waals surface area contributed by atoms with Crippen molar-refractivity contribution in [1.82, 2.24) is 20.1 Å². The lowest BCUT2D eigenvalue weighted by Crippen LogP contribution is -2.33. The molecule has 0 saturated heterocycles. The van der Waals surface area contributed by atoms with Crippen LogP contribution in [0.1, 0.15) is 32.6 Å². The Bertz CT molecular complexity index is 264. The molecule has 4 nitrogen and oxygen atoms in total. The third kappa shape index (κ3) is 3.30.